The molecule has 0 radical (unpaired) electrons. The molecule has 1 aliphatic carbocycles. The molecule has 38 heavy (non-hydrogen) atoms. The number of nitrogens with two attached hydrogens (primary N) is 1. The third-order valence-corrected chi connectivity index (χ3v) is 7.53. The lowest BCUT2D eigenvalue weighted by Gasteiger charge is -2.24. The maximum absolute atomic E-state index is 14.2. The highest BCUT2D eigenvalue weighted by Gasteiger charge is 2.44. The number of nitrogen functional groups attached to an aromatic ring is 1. The highest BCUT2D eigenvalue weighted by Crippen LogP contribution is 2.43. The van der Waals surface area contributed by atoms with Crippen molar-refractivity contribution in [3.05, 3.63) is 46.6 Å². The van der Waals surface area contributed by atoms with Crippen molar-refractivity contribution in [1.82, 2.24) is 30.1 Å². The molecule has 4 N–H and O–H groups in total. The summed E-state index contributed by atoms with van der Waals surface area (Å²) in [7, 11) is 0. The normalized spacial score (nSPS) is 20.1. The molecule has 1 aromatic carbocycles. The highest BCUT2D eigenvalue weighted by molar-refractivity contribution is 6.06. The van der Waals surface area contributed by atoms with Crippen molar-refractivity contribution in [3.63, 3.8) is 0 Å². The molecule has 1 saturated heterocycles. The van der Waals surface area contributed by atoms with Gasteiger partial charge < -0.3 is 21.3 Å². The van der Waals surface area contributed by atoms with Gasteiger partial charge in [0.15, 0.2) is 11.5 Å². The average Bonchev–Trinajstić information content (AvgIpc) is 3.45. The minimum atomic E-state index is -4.76. The molecule has 6 rings (SSSR count). The Kier molecular flexibility index (Phi) is 5.37. The molecule has 2 atom stereocenters. The summed E-state index contributed by atoms with van der Waals surface area (Å²) in [5.74, 6) is -1.42. The van der Waals surface area contributed by atoms with Crippen molar-refractivity contribution < 1.29 is 27.6 Å². The van der Waals surface area contributed by atoms with Gasteiger partial charge in [-0.3, -0.25) is 14.4 Å². The fourth-order valence-electron chi connectivity index (χ4n) is 5.30. The van der Waals surface area contributed by atoms with Gasteiger partial charge in [-0.15, -0.1) is 5.10 Å². The van der Waals surface area contributed by atoms with Crippen LogP contribution in [-0.2, 0) is 17.5 Å². The van der Waals surface area contributed by atoms with Crippen molar-refractivity contribution in [1.29, 1.82) is 0 Å². The number of fused-ring (bicyclic) bond motifs is 2. The van der Waals surface area contributed by atoms with Crippen LogP contribution in [0.2, 0.25) is 0 Å². The Balaban J connectivity index is 1.41. The highest BCUT2D eigenvalue weighted by atomic mass is 19.4. The summed E-state index contributed by atoms with van der Waals surface area (Å²) in [6.07, 6.45) is -0.990. The Bertz CT molecular complexity index is 1510. The number of carbonyl (C=O) groups excluding carboxylic acids is 3. The number of halogens is 3. The zero-order valence-electron chi connectivity index (χ0n) is 20.3. The van der Waals surface area contributed by atoms with E-state index in [-0.39, 0.29) is 57.9 Å². The number of anilines is 1. The van der Waals surface area contributed by atoms with Crippen LogP contribution in [0.4, 0.5) is 19.0 Å². The van der Waals surface area contributed by atoms with E-state index in [2.05, 4.69) is 20.7 Å². The van der Waals surface area contributed by atoms with Crippen molar-refractivity contribution >= 4 is 29.2 Å². The quantitative estimate of drug-likeness (QED) is 0.466. The predicted molar refractivity (Wildman–Crippen MR) is 129 cm³/mol. The average molecular weight is 528 g/mol. The molecule has 1 saturated carbocycles. The molecule has 198 valence electrons. The number of alkyl halides is 3. The molecule has 0 spiro atoms. The molecule has 3 amide bonds. The fourth-order valence-corrected chi connectivity index (χ4v) is 5.30. The van der Waals surface area contributed by atoms with Crippen LogP contribution in [0.25, 0.3) is 16.9 Å². The summed E-state index contributed by atoms with van der Waals surface area (Å²) < 4.78 is 43.7. The van der Waals surface area contributed by atoms with Gasteiger partial charge in [-0.05, 0) is 55.9 Å². The Morgan fingerprint density at radius 2 is 2.00 bits per heavy atom. The lowest BCUT2D eigenvalue weighted by molar-refractivity contribution is -0.138. The van der Waals surface area contributed by atoms with E-state index >= 15 is 0 Å². The summed E-state index contributed by atoms with van der Waals surface area (Å²) in [4.78, 5) is 43.9. The minimum absolute atomic E-state index is 0.0324. The van der Waals surface area contributed by atoms with Gasteiger partial charge >= 0.3 is 6.18 Å². The fraction of sp³-hybridized carbons (Fsp3) is 0.400. The van der Waals surface area contributed by atoms with E-state index < -0.39 is 29.6 Å². The number of nitrogens with one attached hydrogen (secondary N) is 2. The molecule has 3 aromatic rings. The number of hydrogen-bond donors (Lipinski definition) is 3. The first-order chi connectivity index (χ1) is 18.0. The second kappa shape index (κ2) is 8.43. The second-order valence-electron chi connectivity index (χ2n) is 10.0. The number of rotatable bonds is 5. The summed E-state index contributed by atoms with van der Waals surface area (Å²) >= 11 is 0. The molecule has 10 nitrogen and oxygen atoms in total. The molecule has 3 aliphatic rings. The molecule has 13 heteroatoms. The molecule has 0 unspecified atom stereocenters. The van der Waals surface area contributed by atoms with Crippen molar-refractivity contribution in [2.24, 2.45) is 5.92 Å². The van der Waals surface area contributed by atoms with Crippen LogP contribution in [0.5, 0.6) is 0 Å². The summed E-state index contributed by atoms with van der Waals surface area (Å²) in [5.41, 5.74) is 5.17. The van der Waals surface area contributed by atoms with Crippen LogP contribution in [-0.4, -0.2) is 55.8 Å². The van der Waals surface area contributed by atoms with Crippen LogP contribution < -0.4 is 16.4 Å². The number of amides is 3. The standard InChI is InChI=1S/C25H24F3N7O3/c1-11(12-2-3-12)34-10-14-8-13(9-15(25(26,27)28)18(14)24(34)38)16-5-7-35-21(31-16)19(20(29)33-35)23(37)32-17-4-6-30-22(17)36/h5,7-9,11-12,17H,2-4,6,10H2,1H3,(H2,29,33)(H,30,36)(H,32,37)/t11-,17-/m0/s1. The molecular formula is C25H24F3N7O3. The number of aromatic nitrogens is 3. The van der Waals surface area contributed by atoms with E-state index in [4.69, 9.17) is 5.73 Å². The third-order valence-electron chi connectivity index (χ3n) is 7.53. The van der Waals surface area contributed by atoms with Gasteiger partial charge in [0.25, 0.3) is 11.8 Å². The largest absolute Gasteiger partial charge is 0.417 e. The van der Waals surface area contributed by atoms with Gasteiger partial charge in [0, 0.05) is 30.9 Å². The minimum Gasteiger partial charge on any atom is -0.381 e. The molecule has 0 bridgehead atoms. The second-order valence-corrected chi connectivity index (χ2v) is 10.0. The monoisotopic (exact) mass is 527 g/mol. The first-order valence-corrected chi connectivity index (χ1v) is 12.3. The molecule has 2 aliphatic heterocycles. The number of benzene rings is 1. The molecular weight excluding hydrogens is 503 g/mol. The number of carbonyl (C=O) groups is 3. The topological polar surface area (TPSA) is 135 Å². The maximum atomic E-state index is 14.2. The van der Waals surface area contributed by atoms with Gasteiger partial charge in [0.05, 0.1) is 16.8 Å². The lowest BCUT2D eigenvalue weighted by atomic mass is 9.97. The summed E-state index contributed by atoms with van der Waals surface area (Å²) in [6.45, 7) is 2.38. The molecule has 2 fully saturated rings. The predicted octanol–water partition coefficient (Wildman–Crippen LogP) is 2.37. The van der Waals surface area contributed by atoms with E-state index in [0.717, 1.165) is 18.9 Å². The van der Waals surface area contributed by atoms with Crippen LogP contribution in [0.15, 0.2) is 24.4 Å². The van der Waals surface area contributed by atoms with E-state index in [9.17, 15) is 27.6 Å². The van der Waals surface area contributed by atoms with Crippen molar-refractivity contribution in [2.75, 3.05) is 12.3 Å². The Morgan fingerprint density at radius 1 is 1.24 bits per heavy atom. The first-order valence-electron chi connectivity index (χ1n) is 12.3. The Labute approximate surface area is 214 Å². The Morgan fingerprint density at radius 3 is 2.66 bits per heavy atom. The van der Waals surface area contributed by atoms with Crippen molar-refractivity contribution in [2.45, 2.75) is 51.0 Å². The third kappa shape index (κ3) is 3.92. The van der Waals surface area contributed by atoms with Crippen molar-refractivity contribution in [3.8, 4) is 11.3 Å². The van der Waals surface area contributed by atoms with Gasteiger partial charge in [-0.2, -0.15) is 13.2 Å². The zero-order valence-corrected chi connectivity index (χ0v) is 20.3. The Hall–Kier alpha value is -4.16. The first kappa shape index (κ1) is 24.2. The van der Waals surface area contributed by atoms with Gasteiger partial charge in [0.2, 0.25) is 5.91 Å². The number of hydrogen-bond acceptors (Lipinski definition) is 6. The molecule has 4 heterocycles. The summed E-state index contributed by atoms with van der Waals surface area (Å²) in [5, 5.41) is 9.31. The number of nitrogens with zero attached hydrogens (tertiary/aromatic N) is 4. The van der Waals surface area contributed by atoms with Gasteiger partial charge in [-0.25, -0.2) is 9.50 Å². The molecule has 2 aromatic heterocycles. The van der Waals surface area contributed by atoms with Crippen LogP contribution in [0.3, 0.4) is 0 Å². The van der Waals surface area contributed by atoms with E-state index in [1.165, 1.54) is 21.7 Å². The van der Waals surface area contributed by atoms with Crippen LogP contribution >= 0.6 is 0 Å². The van der Waals surface area contributed by atoms with Crippen LogP contribution in [0, 0.1) is 5.92 Å². The van der Waals surface area contributed by atoms with Gasteiger partial charge in [-0.1, -0.05) is 0 Å². The summed E-state index contributed by atoms with van der Waals surface area (Å²) in [6, 6.07) is 3.05. The van der Waals surface area contributed by atoms with Crippen LogP contribution in [0.1, 0.15) is 58.0 Å². The van der Waals surface area contributed by atoms with E-state index in [1.54, 1.807) is 6.07 Å². The van der Waals surface area contributed by atoms with Gasteiger partial charge in [0.1, 0.15) is 11.6 Å². The zero-order chi connectivity index (χ0) is 26.9. The maximum Gasteiger partial charge on any atom is 0.417 e. The van der Waals surface area contributed by atoms with E-state index in [1.807, 2.05) is 6.92 Å². The lowest BCUT2D eigenvalue weighted by Crippen LogP contribution is -2.40. The van der Waals surface area contributed by atoms with E-state index in [0.29, 0.717) is 18.9 Å². The SMILES string of the molecule is C[C@@H](C1CC1)N1Cc2cc(-c3ccn4nc(N)c(C(=O)N[C@H]5CCNC5=O)c4n3)cc(C(F)(F)F)c2C1=O. The smallest absolute Gasteiger partial charge is 0.381 e.